The smallest absolute Gasteiger partial charge is 0.00953 e. The molecule has 3 atom stereocenters. The number of hydrogen-bond acceptors (Lipinski definition) is 2. The van der Waals surface area contributed by atoms with Crippen molar-refractivity contribution in [1.82, 2.24) is 10.2 Å². The fourth-order valence-corrected chi connectivity index (χ4v) is 2.93. The fraction of sp³-hybridized carbons (Fsp3) is 1.00. The summed E-state index contributed by atoms with van der Waals surface area (Å²) in [5.41, 5.74) is 0. The Morgan fingerprint density at radius 3 is 2.60 bits per heavy atom. The topological polar surface area (TPSA) is 15.3 Å². The lowest BCUT2D eigenvalue weighted by molar-refractivity contribution is 0.0819. The van der Waals surface area contributed by atoms with Crippen LogP contribution in [0.1, 0.15) is 52.9 Å². The van der Waals surface area contributed by atoms with E-state index >= 15 is 0 Å². The first kappa shape index (κ1) is 13.0. The van der Waals surface area contributed by atoms with Gasteiger partial charge in [0, 0.05) is 24.7 Å². The van der Waals surface area contributed by atoms with Crippen molar-refractivity contribution in [2.24, 2.45) is 0 Å². The monoisotopic (exact) mass is 212 g/mol. The molecule has 0 aliphatic carbocycles. The molecule has 0 amide bonds. The van der Waals surface area contributed by atoms with E-state index in [-0.39, 0.29) is 0 Å². The molecule has 0 saturated carbocycles. The molecule has 0 aromatic rings. The van der Waals surface area contributed by atoms with Crippen LogP contribution >= 0.6 is 0 Å². The molecular weight excluding hydrogens is 184 g/mol. The lowest BCUT2D eigenvalue weighted by atomic mass is 9.94. The van der Waals surface area contributed by atoms with E-state index in [2.05, 4.69) is 38.0 Å². The van der Waals surface area contributed by atoms with E-state index in [1.807, 2.05) is 0 Å². The van der Waals surface area contributed by atoms with Crippen LogP contribution in [0, 0.1) is 0 Å². The van der Waals surface area contributed by atoms with Crippen LogP contribution in [0.4, 0.5) is 0 Å². The molecule has 1 aliphatic rings. The van der Waals surface area contributed by atoms with Crippen LogP contribution in [0.5, 0.6) is 0 Å². The van der Waals surface area contributed by atoms with Crippen LogP contribution in [0.25, 0.3) is 0 Å². The molecule has 3 unspecified atom stereocenters. The van der Waals surface area contributed by atoms with Gasteiger partial charge in [-0.2, -0.15) is 0 Å². The minimum atomic E-state index is 0.746. The number of hydrogen-bond donors (Lipinski definition) is 1. The number of nitrogens with one attached hydrogen (secondary N) is 1. The Hall–Kier alpha value is -0.0800. The number of nitrogens with zero attached hydrogens (tertiary/aromatic N) is 1. The second-order valence-corrected chi connectivity index (χ2v) is 4.95. The van der Waals surface area contributed by atoms with E-state index in [0.29, 0.717) is 0 Å². The first-order valence-electron chi connectivity index (χ1n) is 6.65. The summed E-state index contributed by atoms with van der Waals surface area (Å²) < 4.78 is 0. The highest BCUT2D eigenvalue weighted by Gasteiger charge is 2.28. The van der Waals surface area contributed by atoms with Crippen molar-refractivity contribution in [2.75, 3.05) is 13.6 Å². The predicted molar refractivity (Wildman–Crippen MR) is 67.2 cm³/mol. The Morgan fingerprint density at radius 1 is 1.40 bits per heavy atom. The molecule has 15 heavy (non-hydrogen) atoms. The molecule has 90 valence electrons. The van der Waals surface area contributed by atoms with Crippen molar-refractivity contribution >= 4 is 0 Å². The molecule has 1 rings (SSSR count). The average molecular weight is 212 g/mol. The van der Waals surface area contributed by atoms with Gasteiger partial charge in [0.1, 0.15) is 0 Å². The Morgan fingerprint density at radius 2 is 2.13 bits per heavy atom. The van der Waals surface area contributed by atoms with E-state index in [1.54, 1.807) is 0 Å². The summed E-state index contributed by atoms with van der Waals surface area (Å²) in [6.45, 7) is 8.30. The maximum atomic E-state index is 3.42. The minimum absolute atomic E-state index is 0.746. The van der Waals surface area contributed by atoms with Crippen LogP contribution in [-0.2, 0) is 0 Å². The van der Waals surface area contributed by atoms with E-state index in [4.69, 9.17) is 0 Å². The molecule has 0 spiro atoms. The van der Waals surface area contributed by atoms with Gasteiger partial charge < -0.3 is 5.32 Å². The van der Waals surface area contributed by atoms with Crippen molar-refractivity contribution in [3.05, 3.63) is 0 Å². The van der Waals surface area contributed by atoms with Gasteiger partial charge in [0.25, 0.3) is 0 Å². The first-order valence-corrected chi connectivity index (χ1v) is 6.65. The molecule has 1 heterocycles. The van der Waals surface area contributed by atoms with Gasteiger partial charge in [0.05, 0.1) is 0 Å². The lowest BCUT2D eigenvalue weighted by Crippen LogP contribution is -2.50. The van der Waals surface area contributed by atoms with Crippen molar-refractivity contribution in [1.29, 1.82) is 0 Å². The zero-order valence-corrected chi connectivity index (χ0v) is 10.9. The highest BCUT2D eigenvalue weighted by atomic mass is 15.2. The normalized spacial score (nSPS) is 30.4. The van der Waals surface area contributed by atoms with Crippen molar-refractivity contribution in [3.63, 3.8) is 0 Å². The summed E-state index contributed by atoms with van der Waals surface area (Å²) >= 11 is 0. The standard InChI is InChI=1S/C13H28N2/c1-5-7-13(6-2)15-9-8-12(14-4)10-11(15)3/h11-14H,5-10H2,1-4H3. The van der Waals surface area contributed by atoms with Crippen molar-refractivity contribution < 1.29 is 0 Å². The molecule has 2 nitrogen and oxygen atoms in total. The summed E-state index contributed by atoms with van der Waals surface area (Å²) in [5, 5.41) is 3.42. The molecule has 1 saturated heterocycles. The second-order valence-electron chi connectivity index (χ2n) is 4.95. The van der Waals surface area contributed by atoms with Crippen LogP contribution in [-0.4, -0.2) is 36.6 Å². The van der Waals surface area contributed by atoms with E-state index in [9.17, 15) is 0 Å². The molecule has 0 aromatic carbocycles. The molecule has 2 heteroatoms. The molecule has 1 aliphatic heterocycles. The second kappa shape index (κ2) is 6.49. The van der Waals surface area contributed by atoms with Crippen LogP contribution in [0.3, 0.4) is 0 Å². The highest BCUT2D eigenvalue weighted by Crippen LogP contribution is 2.23. The largest absolute Gasteiger partial charge is 0.317 e. The van der Waals surface area contributed by atoms with Gasteiger partial charge in [-0.25, -0.2) is 0 Å². The van der Waals surface area contributed by atoms with Gasteiger partial charge in [-0.1, -0.05) is 20.3 Å². The third-order valence-electron chi connectivity index (χ3n) is 3.90. The van der Waals surface area contributed by atoms with Crippen molar-refractivity contribution in [2.45, 2.75) is 71.0 Å². The Bertz CT molecular complexity index is 170. The summed E-state index contributed by atoms with van der Waals surface area (Å²) in [7, 11) is 2.09. The number of piperidine rings is 1. The molecule has 1 fully saturated rings. The van der Waals surface area contributed by atoms with E-state index < -0.39 is 0 Å². The van der Waals surface area contributed by atoms with Gasteiger partial charge in [0.15, 0.2) is 0 Å². The highest BCUT2D eigenvalue weighted by molar-refractivity contribution is 4.85. The van der Waals surface area contributed by atoms with E-state index in [1.165, 1.54) is 38.6 Å². The Balaban J connectivity index is 2.47. The predicted octanol–water partition coefficient (Wildman–Crippen LogP) is 2.64. The number of rotatable bonds is 5. The minimum Gasteiger partial charge on any atom is -0.317 e. The van der Waals surface area contributed by atoms with Gasteiger partial charge in [-0.05, 0) is 39.7 Å². The summed E-state index contributed by atoms with van der Waals surface area (Å²) in [5.74, 6) is 0. The van der Waals surface area contributed by atoms with Gasteiger partial charge in [-0.3, -0.25) is 4.90 Å². The molecule has 0 aromatic heterocycles. The molecular formula is C13H28N2. The molecule has 0 radical (unpaired) electrons. The quantitative estimate of drug-likeness (QED) is 0.753. The Kier molecular flexibility index (Phi) is 5.62. The lowest BCUT2D eigenvalue weighted by Gasteiger charge is -2.42. The maximum Gasteiger partial charge on any atom is 0.00953 e. The average Bonchev–Trinajstić information content (AvgIpc) is 2.26. The zero-order valence-electron chi connectivity index (χ0n) is 10.9. The summed E-state index contributed by atoms with van der Waals surface area (Å²) in [6, 6.07) is 2.32. The molecule has 0 bridgehead atoms. The SMILES string of the molecule is CCCC(CC)N1CCC(NC)CC1C. The van der Waals surface area contributed by atoms with E-state index in [0.717, 1.165) is 18.1 Å². The van der Waals surface area contributed by atoms with Crippen LogP contribution in [0.15, 0.2) is 0 Å². The van der Waals surface area contributed by atoms with Crippen molar-refractivity contribution in [3.8, 4) is 0 Å². The van der Waals surface area contributed by atoms with Gasteiger partial charge >= 0.3 is 0 Å². The molecule has 1 N–H and O–H groups in total. The van der Waals surface area contributed by atoms with Crippen LogP contribution in [0.2, 0.25) is 0 Å². The van der Waals surface area contributed by atoms with Gasteiger partial charge in [-0.15, -0.1) is 0 Å². The third kappa shape index (κ3) is 3.46. The van der Waals surface area contributed by atoms with Gasteiger partial charge in [0.2, 0.25) is 0 Å². The Labute approximate surface area is 95.4 Å². The first-order chi connectivity index (χ1) is 7.22. The fourth-order valence-electron chi connectivity index (χ4n) is 2.93. The maximum absolute atomic E-state index is 3.42. The zero-order chi connectivity index (χ0) is 11.3. The summed E-state index contributed by atoms with van der Waals surface area (Å²) in [4.78, 5) is 2.73. The third-order valence-corrected chi connectivity index (χ3v) is 3.90. The van der Waals surface area contributed by atoms with Crippen LogP contribution < -0.4 is 5.32 Å². The number of likely N-dealkylation sites (tertiary alicyclic amines) is 1. The summed E-state index contributed by atoms with van der Waals surface area (Å²) in [6.07, 6.45) is 6.63.